The summed E-state index contributed by atoms with van der Waals surface area (Å²) in [7, 11) is 0. The van der Waals surface area contributed by atoms with Crippen molar-refractivity contribution in [3.8, 4) is 11.4 Å². The van der Waals surface area contributed by atoms with Crippen LogP contribution in [0, 0.1) is 13.8 Å². The molecule has 0 radical (unpaired) electrons. The van der Waals surface area contributed by atoms with Gasteiger partial charge < -0.3 is 0 Å². The molecule has 0 bridgehead atoms. The molecule has 4 heteroatoms. The van der Waals surface area contributed by atoms with E-state index in [1.807, 2.05) is 30.3 Å². The minimum absolute atomic E-state index is 0.479. The molecule has 3 aromatic rings. The third-order valence-electron chi connectivity index (χ3n) is 3.48. The fraction of sp³-hybridized carbons (Fsp3) is 0.125. The summed E-state index contributed by atoms with van der Waals surface area (Å²) in [6.45, 7) is 4.16. The van der Waals surface area contributed by atoms with Gasteiger partial charge in [-0.25, -0.2) is 9.97 Å². The molecular formula is C16H12BrClN2. The molecule has 0 aliphatic rings. The molecule has 0 fully saturated rings. The predicted octanol–water partition coefficient (Wildman–Crippen LogP) is 5.33. The number of fused-ring (bicyclic) bond motifs is 1. The number of halogens is 2. The first kappa shape index (κ1) is 13.5. The van der Waals surface area contributed by atoms with Crippen molar-refractivity contribution in [3.63, 3.8) is 0 Å². The van der Waals surface area contributed by atoms with E-state index < -0.39 is 0 Å². The average molecular weight is 348 g/mol. The number of aromatic nitrogens is 2. The first-order valence-corrected chi connectivity index (χ1v) is 7.43. The monoisotopic (exact) mass is 346 g/mol. The zero-order valence-electron chi connectivity index (χ0n) is 11.1. The number of aryl methyl sites for hydroxylation is 1. The molecule has 20 heavy (non-hydrogen) atoms. The highest BCUT2D eigenvalue weighted by molar-refractivity contribution is 9.10. The first-order valence-electron chi connectivity index (χ1n) is 6.26. The Morgan fingerprint density at radius 3 is 2.55 bits per heavy atom. The minimum atomic E-state index is 0.479. The van der Waals surface area contributed by atoms with Gasteiger partial charge in [0.2, 0.25) is 0 Å². The Kier molecular flexibility index (Phi) is 3.48. The molecule has 0 atom stereocenters. The number of para-hydroxylation sites is 1. The maximum absolute atomic E-state index is 6.30. The summed E-state index contributed by atoms with van der Waals surface area (Å²) in [6.07, 6.45) is 0. The van der Waals surface area contributed by atoms with Crippen molar-refractivity contribution in [3.05, 3.63) is 57.2 Å². The summed E-state index contributed by atoms with van der Waals surface area (Å²) in [4.78, 5) is 9.11. The number of hydrogen-bond acceptors (Lipinski definition) is 2. The van der Waals surface area contributed by atoms with Crippen LogP contribution in [-0.2, 0) is 0 Å². The van der Waals surface area contributed by atoms with Crippen molar-refractivity contribution in [2.24, 2.45) is 0 Å². The summed E-state index contributed by atoms with van der Waals surface area (Å²) in [5.74, 6) is 0.663. The Labute approximate surface area is 131 Å². The molecule has 1 aromatic heterocycles. The topological polar surface area (TPSA) is 25.8 Å². The standard InChI is InChI=1S/C16H12BrClN2/c1-9-5-3-6-11(10(9)2)16-19-14-12(15(18)20-16)7-4-8-13(14)17/h3-8H,1-2H3. The minimum Gasteiger partial charge on any atom is -0.227 e. The van der Waals surface area contributed by atoms with E-state index in [0.717, 1.165) is 20.9 Å². The predicted molar refractivity (Wildman–Crippen MR) is 87.2 cm³/mol. The van der Waals surface area contributed by atoms with E-state index in [4.69, 9.17) is 11.6 Å². The van der Waals surface area contributed by atoms with Gasteiger partial charge in [-0.1, -0.05) is 35.9 Å². The van der Waals surface area contributed by atoms with Gasteiger partial charge in [0.1, 0.15) is 5.15 Å². The molecular weight excluding hydrogens is 336 g/mol. The van der Waals surface area contributed by atoms with Crippen LogP contribution in [0.1, 0.15) is 11.1 Å². The number of benzene rings is 2. The van der Waals surface area contributed by atoms with E-state index in [2.05, 4.69) is 45.8 Å². The Hall–Kier alpha value is -1.45. The van der Waals surface area contributed by atoms with E-state index in [1.54, 1.807) is 0 Å². The lowest BCUT2D eigenvalue weighted by Crippen LogP contribution is -1.95. The van der Waals surface area contributed by atoms with E-state index in [0.29, 0.717) is 11.0 Å². The van der Waals surface area contributed by atoms with Gasteiger partial charge in [0, 0.05) is 15.4 Å². The molecule has 2 nitrogen and oxygen atoms in total. The normalized spacial score (nSPS) is 11.0. The molecule has 0 saturated heterocycles. The van der Waals surface area contributed by atoms with Gasteiger partial charge in [-0.2, -0.15) is 0 Å². The molecule has 2 aromatic carbocycles. The summed E-state index contributed by atoms with van der Waals surface area (Å²) in [5, 5.41) is 1.34. The van der Waals surface area contributed by atoms with Gasteiger partial charge in [-0.3, -0.25) is 0 Å². The zero-order chi connectivity index (χ0) is 14.3. The number of rotatable bonds is 1. The molecule has 0 unspecified atom stereocenters. The highest BCUT2D eigenvalue weighted by atomic mass is 79.9. The smallest absolute Gasteiger partial charge is 0.161 e. The van der Waals surface area contributed by atoms with Crippen LogP contribution in [0.2, 0.25) is 5.15 Å². The molecule has 0 N–H and O–H groups in total. The molecule has 100 valence electrons. The Morgan fingerprint density at radius 1 is 1.00 bits per heavy atom. The quantitative estimate of drug-likeness (QED) is 0.556. The van der Waals surface area contributed by atoms with E-state index in [9.17, 15) is 0 Å². The highest BCUT2D eigenvalue weighted by Gasteiger charge is 2.12. The van der Waals surface area contributed by atoms with Gasteiger partial charge in [0.05, 0.1) is 5.52 Å². The molecule has 0 amide bonds. The molecule has 0 spiro atoms. The fourth-order valence-electron chi connectivity index (χ4n) is 2.19. The van der Waals surface area contributed by atoms with E-state index in [-0.39, 0.29) is 0 Å². The second-order valence-corrected chi connectivity index (χ2v) is 5.93. The Morgan fingerprint density at radius 2 is 1.75 bits per heavy atom. The van der Waals surface area contributed by atoms with Crippen LogP contribution in [-0.4, -0.2) is 9.97 Å². The lowest BCUT2D eigenvalue weighted by Gasteiger charge is -2.09. The van der Waals surface area contributed by atoms with Crippen LogP contribution >= 0.6 is 27.5 Å². The van der Waals surface area contributed by atoms with Crippen molar-refractivity contribution >= 4 is 38.4 Å². The largest absolute Gasteiger partial charge is 0.227 e. The van der Waals surface area contributed by atoms with Crippen molar-refractivity contribution in [2.45, 2.75) is 13.8 Å². The van der Waals surface area contributed by atoms with Crippen LogP contribution in [0.4, 0.5) is 0 Å². The van der Waals surface area contributed by atoms with Crippen molar-refractivity contribution in [1.29, 1.82) is 0 Å². The van der Waals surface area contributed by atoms with Crippen molar-refractivity contribution in [2.75, 3.05) is 0 Å². The summed E-state index contributed by atoms with van der Waals surface area (Å²) < 4.78 is 0.922. The van der Waals surface area contributed by atoms with Crippen LogP contribution in [0.3, 0.4) is 0 Å². The van der Waals surface area contributed by atoms with Crippen molar-refractivity contribution in [1.82, 2.24) is 9.97 Å². The fourth-order valence-corrected chi connectivity index (χ4v) is 2.88. The second kappa shape index (κ2) is 5.15. The van der Waals surface area contributed by atoms with Crippen LogP contribution in [0.5, 0.6) is 0 Å². The summed E-state index contributed by atoms with van der Waals surface area (Å²) in [5.41, 5.74) is 4.25. The van der Waals surface area contributed by atoms with E-state index in [1.165, 1.54) is 11.1 Å². The number of hydrogen-bond donors (Lipinski definition) is 0. The average Bonchev–Trinajstić information content (AvgIpc) is 2.43. The van der Waals surface area contributed by atoms with Crippen LogP contribution in [0.15, 0.2) is 40.9 Å². The molecule has 0 aliphatic heterocycles. The van der Waals surface area contributed by atoms with Crippen molar-refractivity contribution < 1.29 is 0 Å². The van der Waals surface area contributed by atoms with Crippen LogP contribution < -0.4 is 0 Å². The SMILES string of the molecule is Cc1cccc(-c2nc(Cl)c3cccc(Br)c3n2)c1C. The molecule has 3 rings (SSSR count). The lowest BCUT2D eigenvalue weighted by molar-refractivity contribution is 1.20. The summed E-state index contributed by atoms with van der Waals surface area (Å²) >= 11 is 9.83. The highest BCUT2D eigenvalue weighted by Crippen LogP contribution is 2.30. The second-order valence-electron chi connectivity index (χ2n) is 4.72. The zero-order valence-corrected chi connectivity index (χ0v) is 13.5. The van der Waals surface area contributed by atoms with Gasteiger partial charge in [0.15, 0.2) is 5.82 Å². The van der Waals surface area contributed by atoms with Gasteiger partial charge in [-0.05, 0) is 53.0 Å². The maximum Gasteiger partial charge on any atom is 0.161 e. The van der Waals surface area contributed by atoms with Crippen LogP contribution in [0.25, 0.3) is 22.3 Å². The third kappa shape index (κ3) is 2.21. The molecule has 0 aliphatic carbocycles. The molecule has 0 saturated carbocycles. The first-order chi connectivity index (χ1) is 9.58. The number of nitrogens with zero attached hydrogens (tertiary/aromatic N) is 2. The van der Waals surface area contributed by atoms with Gasteiger partial charge in [-0.15, -0.1) is 0 Å². The van der Waals surface area contributed by atoms with E-state index >= 15 is 0 Å². The summed E-state index contributed by atoms with van der Waals surface area (Å²) in [6, 6.07) is 11.9. The van der Waals surface area contributed by atoms with Gasteiger partial charge in [0.25, 0.3) is 0 Å². The lowest BCUT2D eigenvalue weighted by atomic mass is 10.0. The third-order valence-corrected chi connectivity index (χ3v) is 4.40. The van der Waals surface area contributed by atoms with Gasteiger partial charge >= 0.3 is 0 Å². The maximum atomic E-state index is 6.30. The Balaban J connectivity index is 2.33. The Bertz CT molecular complexity index is 815. The molecule has 1 heterocycles.